The van der Waals surface area contributed by atoms with Crippen molar-refractivity contribution in [3.8, 4) is 17.2 Å². The quantitative estimate of drug-likeness (QED) is 0.169. The Kier molecular flexibility index (Phi) is 11.3. The van der Waals surface area contributed by atoms with Gasteiger partial charge in [0, 0.05) is 48.7 Å². The average molecular weight is 524 g/mol. The molecule has 0 aliphatic rings. The molecule has 0 fully saturated rings. The third kappa shape index (κ3) is 7.26. The van der Waals surface area contributed by atoms with Crippen molar-refractivity contribution < 1.29 is 14.2 Å². The van der Waals surface area contributed by atoms with E-state index in [1.54, 1.807) is 51.5 Å². The Morgan fingerprint density at radius 3 is 2.41 bits per heavy atom. The van der Waals surface area contributed by atoms with Gasteiger partial charge >= 0.3 is 0 Å². The van der Waals surface area contributed by atoms with E-state index in [-0.39, 0.29) is 24.0 Å². The van der Waals surface area contributed by atoms with Gasteiger partial charge in [0.25, 0.3) is 0 Å². The Balaban J connectivity index is 0.00000364. The second-order valence-electron chi connectivity index (χ2n) is 5.04. The molecule has 2 rings (SSSR count). The molecule has 0 atom stereocenters. The zero-order valence-corrected chi connectivity index (χ0v) is 19.7. The van der Waals surface area contributed by atoms with Crippen molar-refractivity contribution in [2.24, 2.45) is 4.99 Å². The van der Waals surface area contributed by atoms with E-state index in [2.05, 4.69) is 20.6 Å². The highest BCUT2D eigenvalue weighted by Crippen LogP contribution is 2.39. The van der Waals surface area contributed by atoms with Gasteiger partial charge in [0.15, 0.2) is 17.5 Å². The lowest BCUT2D eigenvalue weighted by Crippen LogP contribution is -2.31. The fourth-order valence-corrected chi connectivity index (χ4v) is 3.84. The molecule has 0 spiro atoms. The monoisotopic (exact) mass is 524 g/mol. The predicted molar refractivity (Wildman–Crippen MR) is 124 cm³/mol. The Labute approximate surface area is 185 Å². The first kappa shape index (κ1) is 23.6. The number of hydrogen-bond donors (Lipinski definition) is 2. The van der Waals surface area contributed by atoms with Gasteiger partial charge < -0.3 is 24.8 Å². The van der Waals surface area contributed by atoms with Crippen LogP contribution in [0.3, 0.4) is 0 Å². The van der Waals surface area contributed by atoms with Crippen molar-refractivity contribution in [1.82, 2.24) is 10.3 Å². The highest BCUT2D eigenvalue weighted by molar-refractivity contribution is 14.0. The fraction of sp³-hybridized carbons (Fsp3) is 0.412. The molecule has 1 heterocycles. The summed E-state index contributed by atoms with van der Waals surface area (Å²) in [5.74, 6) is 3.41. The number of nitrogens with one attached hydrogen (secondary N) is 2. The van der Waals surface area contributed by atoms with Crippen molar-refractivity contribution >= 4 is 58.7 Å². The van der Waals surface area contributed by atoms with E-state index in [0.717, 1.165) is 28.7 Å². The van der Waals surface area contributed by atoms with Crippen LogP contribution >= 0.6 is 47.1 Å². The lowest BCUT2D eigenvalue weighted by molar-refractivity contribution is 0.324. The van der Waals surface area contributed by atoms with Crippen LogP contribution in [0.5, 0.6) is 17.2 Å². The van der Waals surface area contributed by atoms with Crippen LogP contribution in [0, 0.1) is 0 Å². The number of benzene rings is 1. The summed E-state index contributed by atoms with van der Waals surface area (Å²) in [5.41, 5.74) is 0.796. The number of thiazole rings is 1. The van der Waals surface area contributed by atoms with Gasteiger partial charge in [-0.15, -0.1) is 35.3 Å². The number of aromatic nitrogens is 1. The highest BCUT2D eigenvalue weighted by atomic mass is 127. The zero-order valence-electron chi connectivity index (χ0n) is 15.8. The number of anilines is 1. The molecule has 0 saturated carbocycles. The number of rotatable bonds is 9. The number of thioether (sulfide) groups is 1. The van der Waals surface area contributed by atoms with Gasteiger partial charge in [-0.2, -0.15) is 0 Å². The molecular weight excluding hydrogens is 499 g/mol. The minimum Gasteiger partial charge on any atom is -0.493 e. The molecule has 2 aromatic rings. The van der Waals surface area contributed by atoms with E-state index in [1.807, 2.05) is 23.7 Å². The molecule has 1 aromatic heterocycles. The van der Waals surface area contributed by atoms with Gasteiger partial charge in [-0.3, -0.25) is 4.99 Å². The Morgan fingerprint density at radius 2 is 1.89 bits per heavy atom. The van der Waals surface area contributed by atoms with E-state index in [0.29, 0.717) is 23.2 Å². The van der Waals surface area contributed by atoms with Crippen molar-refractivity contribution in [1.29, 1.82) is 0 Å². The molecule has 0 radical (unpaired) electrons. The van der Waals surface area contributed by atoms with Crippen molar-refractivity contribution in [2.75, 3.05) is 46.0 Å². The van der Waals surface area contributed by atoms with Crippen LogP contribution in [0.25, 0.3) is 0 Å². The van der Waals surface area contributed by atoms with Crippen LogP contribution in [0.15, 0.2) is 33.0 Å². The molecule has 27 heavy (non-hydrogen) atoms. The van der Waals surface area contributed by atoms with Crippen LogP contribution in [0.2, 0.25) is 0 Å². The SMILES string of the molecule is CN=C(NCCCSc1nccs1)Nc1cc(OC)c(OC)c(OC)c1.I. The number of nitrogens with zero attached hydrogens (tertiary/aromatic N) is 2. The minimum atomic E-state index is 0. The standard InChI is InChI=1S/C17H24N4O3S2.HI/c1-18-16(19-6-5-8-25-17-20-7-9-26-17)21-12-10-13(22-2)15(24-4)14(11-12)23-3;/h7,9-11H,5-6,8H2,1-4H3,(H2,18,19,21);1H. The number of guanidine groups is 1. The number of aliphatic imine (C=N–C) groups is 1. The first-order chi connectivity index (χ1) is 12.7. The zero-order chi connectivity index (χ0) is 18.8. The molecule has 1 aromatic carbocycles. The number of ether oxygens (including phenoxy) is 3. The molecule has 0 amide bonds. The Bertz CT molecular complexity index is 689. The van der Waals surface area contributed by atoms with Crippen molar-refractivity contribution in [2.45, 2.75) is 10.8 Å². The van der Waals surface area contributed by atoms with Crippen LogP contribution in [-0.2, 0) is 0 Å². The molecule has 0 aliphatic heterocycles. The second kappa shape index (κ2) is 12.9. The first-order valence-electron chi connectivity index (χ1n) is 8.01. The largest absolute Gasteiger partial charge is 0.493 e. The third-order valence-electron chi connectivity index (χ3n) is 3.40. The van der Waals surface area contributed by atoms with Gasteiger partial charge in [-0.25, -0.2) is 4.98 Å². The maximum Gasteiger partial charge on any atom is 0.203 e. The predicted octanol–water partition coefficient (Wildman–Crippen LogP) is 3.96. The fourth-order valence-electron chi connectivity index (χ4n) is 2.19. The summed E-state index contributed by atoms with van der Waals surface area (Å²) >= 11 is 3.43. The van der Waals surface area contributed by atoms with Gasteiger partial charge in [0.2, 0.25) is 5.75 Å². The maximum absolute atomic E-state index is 5.37. The smallest absolute Gasteiger partial charge is 0.203 e. The number of halogens is 1. The second-order valence-corrected chi connectivity index (χ2v) is 7.27. The van der Waals surface area contributed by atoms with E-state index >= 15 is 0 Å². The van der Waals surface area contributed by atoms with Gasteiger partial charge in [0.05, 0.1) is 21.3 Å². The van der Waals surface area contributed by atoms with Crippen LogP contribution in [-0.4, -0.2) is 51.6 Å². The molecule has 2 N–H and O–H groups in total. The molecule has 0 saturated heterocycles. The van der Waals surface area contributed by atoms with Gasteiger partial charge in [-0.05, 0) is 6.42 Å². The number of hydrogen-bond acceptors (Lipinski definition) is 7. The van der Waals surface area contributed by atoms with Crippen LogP contribution < -0.4 is 24.8 Å². The van der Waals surface area contributed by atoms with E-state index in [1.165, 1.54) is 0 Å². The maximum atomic E-state index is 5.37. The molecular formula is C17H25IN4O3S2. The van der Waals surface area contributed by atoms with E-state index < -0.39 is 0 Å². The third-order valence-corrected chi connectivity index (χ3v) is 5.45. The van der Waals surface area contributed by atoms with Crippen LogP contribution in [0.1, 0.15) is 6.42 Å². The first-order valence-corrected chi connectivity index (χ1v) is 9.88. The highest BCUT2D eigenvalue weighted by Gasteiger charge is 2.13. The molecule has 150 valence electrons. The van der Waals surface area contributed by atoms with E-state index in [9.17, 15) is 0 Å². The Morgan fingerprint density at radius 1 is 1.19 bits per heavy atom. The summed E-state index contributed by atoms with van der Waals surface area (Å²) in [6.45, 7) is 0.808. The molecule has 7 nitrogen and oxygen atoms in total. The minimum absolute atomic E-state index is 0. The molecule has 0 unspecified atom stereocenters. The van der Waals surface area contributed by atoms with E-state index in [4.69, 9.17) is 14.2 Å². The molecule has 10 heteroatoms. The summed E-state index contributed by atoms with van der Waals surface area (Å²) in [7, 11) is 6.50. The molecule has 0 bridgehead atoms. The Hall–Kier alpha value is -1.40. The summed E-state index contributed by atoms with van der Waals surface area (Å²) in [6, 6.07) is 3.68. The topological polar surface area (TPSA) is 77.0 Å². The summed E-state index contributed by atoms with van der Waals surface area (Å²) in [6.07, 6.45) is 2.83. The van der Waals surface area contributed by atoms with Gasteiger partial charge in [0.1, 0.15) is 4.34 Å². The lowest BCUT2D eigenvalue weighted by atomic mass is 10.2. The van der Waals surface area contributed by atoms with Crippen LogP contribution in [0.4, 0.5) is 5.69 Å². The normalized spacial score (nSPS) is 10.7. The average Bonchev–Trinajstić information content (AvgIpc) is 3.19. The van der Waals surface area contributed by atoms with Crippen molar-refractivity contribution in [3.05, 3.63) is 23.7 Å². The van der Waals surface area contributed by atoms with Crippen molar-refractivity contribution in [3.63, 3.8) is 0 Å². The van der Waals surface area contributed by atoms with Gasteiger partial charge in [-0.1, -0.05) is 11.8 Å². The molecule has 0 aliphatic carbocycles. The lowest BCUT2D eigenvalue weighted by Gasteiger charge is -2.16. The summed E-state index contributed by atoms with van der Waals surface area (Å²) in [5, 5.41) is 8.53. The summed E-state index contributed by atoms with van der Waals surface area (Å²) < 4.78 is 17.2. The summed E-state index contributed by atoms with van der Waals surface area (Å²) in [4.78, 5) is 8.51. The number of methoxy groups -OCH3 is 3.